The SMILES string of the molecule is Cc1ccc(OC(C)C)cc1-c1cncc(N2NC(C(N)=O)=NC2Cc2ccccc2)c1. The maximum atomic E-state index is 11.8. The molecule has 7 heteroatoms. The first-order valence-corrected chi connectivity index (χ1v) is 10.6. The summed E-state index contributed by atoms with van der Waals surface area (Å²) >= 11 is 0. The number of pyridine rings is 1. The molecule has 1 aromatic heterocycles. The van der Waals surface area contributed by atoms with Gasteiger partial charge >= 0.3 is 0 Å². The van der Waals surface area contributed by atoms with Gasteiger partial charge in [0.2, 0.25) is 5.84 Å². The highest BCUT2D eigenvalue weighted by Crippen LogP contribution is 2.31. The number of benzene rings is 2. The van der Waals surface area contributed by atoms with Crippen LogP contribution in [0.2, 0.25) is 0 Å². The number of anilines is 1. The summed E-state index contributed by atoms with van der Waals surface area (Å²) in [7, 11) is 0. The summed E-state index contributed by atoms with van der Waals surface area (Å²) in [6.07, 6.45) is 3.95. The van der Waals surface area contributed by atoms with E-state index >= 15 is 0 Å². The number of aliphatic imine (C=N–C) groups is 1. The summed E-state index contributed by atoms with van der Waals surface area (Å²) < 4.78 is 5.87. The van der Waals surface area contributed by atoms with E-state index in [1.165, 1.54) is 0 Å². The third-order valence-electron chi connectivity index (χ3n) is 5.19. The first kappa shape index (κ1) is 21.4. The lowest BCUT2D eigenvalue weighted by Crippen LogP contribution is -2.45. The number of carbonyl (C=O) groups is 1. The summed E-state index contributed by atoms with van der Waals surface area (Å²) in [5, 5.41) is 1.84. The minimum absolute atomic E-state index is 0.0897. The molecule has 7 nitrogen and oxygen atoms in total. The number of ether oxygens (including phenoxy) is 1. The van der Waals surface area contributed by atoms with Crippen LogP contribution in [0.4, 0.5) is 5.69 Å². The lowest BCUT2D eigenvalue weighted by molar-refractivity contribution is -0.112. The Bertz CT molecular complexity index is 1140. The molecule has 164 valence electrons. The smallest absolute Gasteiger partial charge is 0.285 e. The summed E-state index contributed by atoms with van der Waals surface area (Å²) in [4.78, 5) is 20.8. The van der Waals surface area contributed by atoms with Gasteiger partial charge in [0, 0.05) is 18.2 Å². The van der Waals surface area contributed by atoms with Gasteiger partial charge in [0.1, 0.15) is 11.9 Å². The quantitative estimate of drug-likeness (QED) is 0.598. The Morgan fingerprint density at radius 1 is 1.16 bits per heavy atom. The Morgan fingerprint density at radius 3 is 2.66 bits per heavy atom. The molecule has 3 aromatic rings. The Kier molecular flexibility index (Phi) is 6.07. The van der Waals surface area contributed by atoms with Gasteiger partial charge in [-0.25, -0.2) is 4.99 Å². The molecule has 1 aliphatic heterocycles. The van der Waals surface area contributed by atoms with Crippen molar-refractivity contribution in [2.24, 2.45) is 10.7 Å². The van der Waals surface area contributed by atoms with Crippen molar-refractivity contribution in [3.63, 3.8) is 0 Å². The molecule has 2 heterocycles. The van der Waals surface area contributed by atoms with Gasteiger partial charge in [-0.05, 0) is 55.7 Å². The maximum Gasteiger partial charge on any atom is 0.285 e. The molecule has 0 saturated carbocycles. The van der Waals surface area contributed by atoms with Gasteiger partial charge in [-0.1, -0.05) is 36.4 Å². The van der Waals surface area contributed by atoms with E-state index in [-0.39, 0.29) is 18.1 Å². The number of amidine groups is 1. The normalized spacial score (nSPS) is 15.4. The largest absolute Gasteiger partial charge is 0.491 e. The Balaban J connectivity index is 1.66. The zero-order chi connectivity index (χ0) is 22.7. The van der Waals surface area contributed by atoms with E-state index in [1.807, 2.05) is 79.7 Å². The zero-order valence-electron chi connectivity index (χ0n) is 18.4. The van der Waals surface area contributed by atoms with E-state index in [0.29, 0.717) is 6.42 Å². The third kappa shape index (κ3) is 4.72. The van der Waals surface area contributed by atoms with E-state index in [9.17, 15) is 4.79 Å². The monoisotopic (exact) mass is 429 g/mol. The molecule has 0 radical (unpaired) electrons. The highest BCUT2D eigenvalue weighted by Gasteiger charge is 2.29. The van der Waals surface area contributed by atoms with Crippen molar-refractivity contribution >= 4 is 17.4 Å². The number of nitrogens with one attached hydrogen (secondary N) is 1. The number of aromatic nitrogens is 1. The van der Waals surface area contributed by atoms with Crippen molar-refractivity contribution in [1.82, 2.24) is 10.4 Å². The molecular weight excluding hydrogens is 402 g/mol. The standard InChI is InChI=1S/C25H27N5O2/c1-16(2)32-21-10-9-17(3)22(13-21)19-12-20(15-27-14-19)30-23(28-25(29-30)24(26)31)11-18-7-5-4-6-8-18/h4-10,12-16,23H,11H2,1-3H3,(H2,26,31)(H,28,29). The van der Waals surface area contributed by atoms with Crippen LogP contribution in [-0.4, -0.2) is 29.0 Å². The first-order chi connectivity index (χ1) is 15.4. The second-order valence-electron chi connectivity index (χ2n) is 8.07. The number of hydrogen-bond acceptors (Lipinski definition) is 6. The van der Waals surface area contributed by atoms with Crippen LogP contribution in [0.3, 0.4) is 0 Å². The number of hydrazine groups is 1. The van der Waals surface area contributed by atoms with Crippen LogP contribution < -0.4 is 20.9 Å². The minimum Gasteiger partial charge on any atom is -0.491 e. The van der Waals surface area contributed by atoms with Crippen LogP contribution in [0.5, 0.6) is 5.75 Å². The average molecular weight is 430 g/mol. The molecule has 32 heavy (non-hydrogen) atoms. The van der Waals surface area contributed by atoms with E-state index in [2.05, 4.69) is 22.3 Å². The van der Waals surface area contributed by atoms with Gasteiger partial charge < -0.3 is 10.5 Å². The van der Waals surface area contributed by atoms with Gasteiger partial charge in [0.25, 0.3) is 5.91 Å². The van der Waals surface area contributed by atoms with Crippen LogP contribution in [0.1, 0.15) is 25.0 Å². The van der Waals surface area contributed by atoms with Crippen LogP contribution in [-0.2, 0) is 11.2 Å². The molecular formula is C25H27N5O2. The fourth-order valence-electron chi connectivity index (χ4n) is 3.71. The van der Waals surface area contributed by atoms with E-state index in [1.54, 1.807) is 6.20 Å². The highest BCUT2D eigenvalue weighted by atomic mass is 16.5. The predicted octanol–water partition coefficient (Wildman–Crippen LogP) is 3.62. The van der Waals surface area contributed by atoms with Crippen LogP contribution in [0.15, 0.2) is 72.0 Å². The van der Waals surface area contributed by atoms with Crippen molar-refractivity contribution in [2.45, 2.75) is 39.5 Å². The Morgan fingerprint density at radius 2 is 1.94 bits per heavy atom. The molecule has 0 spiro atoms. The second kappa shape index (κ2) is 9.09. The number of carbonyl (C=O) groups excluding carboxylic acids is 1. The van der Waals surface area contributed by atoms with Gasteiger partial charge in [-0.15, -0.1) is 0 Å². The molecule has 0 fully saturated rings. The minimum atomic E-state index is -0.593. The summed E-state index contributed by atoms with van der Waals surface area (Å²) in [6, 6.07) is 18.1. The Labute approximate surface area is 187 Å². The molecule has 1 atom stereocenters. The van der Waals surface area contributed by atoms with E-state index in [0.717, 1.165) is 33.7 Å². The topological polar surface area (TPSA) is 92.8 Å². The van der Waals surface area contributed by atoms with E-state index in [4.69, 9.17) is 10.5 Å². The van der Waals surface area contributed by atoms with Crippen LogP contribution in [0, 0.1) is 6.92 Å². The van der Waals surface area contributed by atoms with Gasteiger partial charge in [-0.3, -0.25) is 20.2 Å². The highest BCUT2D eigenvalue weighted by molar-refractivity contribution is 6.38. The number of nitrogens with two attached hydrogens (primary N) is 1. The molecule has 1 amide bonds. The van der Waals surface area contributed by atoms with Crippen molar-refractivity contribution in [1.29, 1.82) is 0 Å². The average Bonchev–Trinajstić information content (AvgIpc) is 3.20. The van der Waals surface area contributed by atoms with Crippen LogP contribution >= 0.6 is 0 Å². The summed E-state index contributed by atoms with van der Waals surface area (Å²) in [5.41, 5.74) is 13.5. The molecule has 4 rings (SSSR count). The fraction of sp³-hybridized carbons (Fsp3) is 0.240. The maximum absolute atomic E-state index is 11.8. The summed E-state index contributed by atoms with van der Waals surface area (Å²) in [6.45, 7) is 6.07. The molecule has 0 bridgehead atoms. The number of aryl methyl sites for hydroxylation is 1. The zero-order valence-corrected chi connectivity index (χ0v) is 18.4. The summed E-state index contributed by atoms with van der Waals surface area (Å²) in [5.74, 6) is 0.357. The lowest BCUT2D eigenvalue weighted by atomic mass is 10.0. The first-order valence-electron chi connectivity index (χ1n) is 10.6. The molecule has 0 saturated heterocycles. The Hall–Kier alpha value is -3.87. The second-order valence-corrected chi connectivity index (χ2v) is 8.07. The number of amides is 1. The number of primary amides is 1. The van der Waals surface area contributed by atoms with Gasteiger partial charge in [0.05, 0.1) is 18.0 Å². The molecule has 0 aliphatic carbocycles. The molecule has 1 unspecified atom stereocenters. The predicted molar refractivity (Wildman–Crippen MR) is 126 cm³/mol. The molecule has 3 N–H and O–H groups in total. The van der Waals surface area contributed by atoms with Crippen molar-refractivity contribution in [2.75, 3.05) is 5.01 Å². The van der Waals surface area contributed by atoms with Crippen LogP contribution in [0.25, 0.3) is 11.1 Å². The van der Waals surface area contributed by atoms with Crippen molar-refractivity contribution in [3.8, 4) is 16.9 Å². The third-order valence-corrected chi connectivity index (χ3v) is 5.19. The molecule has 1 aliphatic rings. The van der Waals surface area contributed by atoms with E-state index < -0.39 is 5.91 Å². The number of hydrogen-bond donors (Lipinski definition) is 2. The molecule has 2 aromatic carbocycles. The number of rotatable bonds is 7. The van der Waals surface area contributed by atoms with Crippen molar-refractivity contribution < 1.29 is 9.53 Å². The fourth-order valence-corrected chi connectivity index (χ4v) is 3.71. The van der Waals surface area contributed by atoms with Gasteiger partial charge in [0.15, 0.2) is 0 Å². The number of nitrogens with zero attached hydrogens (tertiary/aromatic N) is 3. The lowest BCUT2D eigenvalue weighted by Gasteiger charge is -2.25. The van der Waals surface area contributed by atoms with Crippen molar-refractivity contribution in [3.05, 3.63) is 78.1 Å². The van der Waals surface area contributed by atoms with Gasteiger partial charge in [-0.2, -0.15) is 0 Å².